The summed E-state index contributed by atoms with van der Waals surface area (Å²) in [5.74, 6) is 0.546. The van der Waals surface area contributed by atoms with Gasteiger partial charge in [0.25, 0.3) is 0 Å². The molecule has 0 bridgehead atoms. The Balaban J connectivity index is 1.79. The van der Waals surface area contributed by atoms with Crippen LogP contribution in [0.4, 0.5) is 0 Å². The van der Waals surface area contributed by atoms with Gasteiger partial charge in [0, 0.05) is 37.8 Å². The molecule has 0 saturated carbocycles. The number of sulfonamides is 1. The summed E-state index contributed by atoms with van der Waals surface area (Å²) >= 11 is 13.3. The molecular weight excluding hydrogens is 417 g/mol. The fourth-order valence-electron chi connectivity index (χ4n) is 2.15. The second-order valence-electron chi connectivity index (χ2n) is 5.45. The second kappa shape index (κ2) is 9.09. The number of aliphatic imine (C=N–C) groups is 1. The number of thiophene rings is 1. The van der Waals surface area contributed by atoms with Crippen molar-refractivity contribution in [1.82, 2.24) is 19.9 Å². The van der Waals surface area contributed by atoms with Crippen molar-refractivity contribution in [3.8, 4) is 0 Å². The minimum absolute atomic E-state index is 0.238. The summed E-state index contributed by atoms with van der Waals surface area (Å²) in [6, 6.07) is 5.17. The van der Waals surface area contributed by atoms with Crippen molar-refractivity contribution >= 4 is 50.5 Å². The van der Waals surface area contributed by atoms with Crippen molar-refractivity contribution < 1.29 is 8.42 Å². The van der Waals surface area contributed by atoms with Crippen molar-refractivity contribution in [1.29, 1.82) is 0 Å². The second-order valence-corrected chi connectivity index (χ2v) is 9.50. The van der Waals surface area contributed by atoms with Crippen LogP contribution < -0.4 is 15.4 Å². The van der Waals surface area contributed by atoms with E-state index < -0.39 is 10.0 Å². The molecule has 11 heteroatoms. The molecule has 2 aromatic rings. The van der Waals surface area contributed by atoms with Gasteiger partial charge in [-0.25, -0.2) is 13.1 Å². The maximum atomic E-state index is 12.1. The summed E-state index contributed by atoms with van der Waals surface area (Å²) in [4.78, 5) is 5.05. The molecule has 2 heterocycles. The highest BCUT2D eigenvalue weighted by molar-refractivity contribution is 7.91. The van der Waals surface area contributed by atoms with Crippen molar-refractivity contribution in [2.24, 2.45) is 12.0 Å². The van der Waals surface area contributed by atoms with Gasteiger partial charge in [-0.2, -0.15) is 0 Å². The average Bonchev–Trinajstić information content (AvgIpc) is 3.14. The minimum Gasteiger partial charge on any atom is -0.355 e. The lowest BCUT2D eigenvalue weighted by Crippen LogP contribution is -2.41. The minimum atomic E-state index is -3.47. The molecule has 0 unspecified atom stereocenters. The fraction of sp³-hybridized carbons (Fsp3) is 0.400. The van der Waals surface area contributed by atoms with E-state index >= 15 is 0 Å². The van der Waals surface area contributed by atoms with Gasteiger partial charge in [0.05, 0.1) is 11.6 Å². The van der Waals surface area contributed by atoms with E-state index in [2.05, 4.69) is 20.3 Å². The highest BCUT2D eigenvalue weighted by Crippen LogP contribution is 2.24. The molecule has 2 aromatic heterocycles. The van der Waals surface area contributed by atoms with Crippen LogP contribution >= 0.6 is 34.5 Å². The molecule has 0 atom stereocenters. The zero-order chi connectivity index (χ0) is 19.3. The Morgan fingerprint density at radius 1 is 1.27 bits per heavy atom. The van der Waals surface area contributed by atoms with E-state index in [1.165, 1.54) is 11.3 Å². The lowest BCUT2D eigenvalue weighted by Gasteiger charge is -2.13. The molecule has 0 amide bonds. The number of hydrogen-bond donors (Lipinski definition) is 3. The van der Waals surface area contributed by atoms with Gasteiger partial charge in [0.2, 0.25) is 10.0 Å². The van der Waals surface area contributed by atoms with Gasteiger partial charge in [0.15, 0.2) is 5.96 Å². The van der Waals surface area contributed by atoms with Crippen LogP contribution in [0.25, 0.3) is 0 Å². The third-order valence-electron chi connectivity index (χ3n) is 3.57. The molecule has 3 N–H and O–H groups in total. The highest BCUT2D eigenvalue weighted by atomic mass is 35.5. The first-order chi connectivity index (χ1) is 12.2. The van der Waals surface area contributed by atoms with E-state index in [4.69, 9.17) is 23.2 Å². The Labute approximate surface area is 167 Å². The molecule has 0 aromatic carbocycles. The normalized spacial score (nSPS) is 12.4. The van der Waals surface area contributed by atoms with Crippen LogP contribution in [0.3, 0.4) is 0 Å². The molecular formula is C15H21Cl2N5O2S2. The maximum Gasteiger partial charge on any atom is 0.250 e. The molecule has 144 valence electrons. The number of rotatable bonds is 7. The molecule has 0 radical (unpaired) electrons. The number of guanidine groups is 1. The molecule has 7 nitrogen and oxygen atoms in total. The van der Waals surface area contributed by atoms with E-state index in [0.29, 0.717) is 33.4 Å². The van der Waals surface area contributed by atoms with E-state index in [1.807, 2.05) is 14.0 Å². The summed E-state index contributed by atoms with van der Waals surface area (Å²) in [7, 11) is -0.0117. The molecule has 0 aliphatic carbocycles. The van der Waals surface area contributed by atoms with Crippen LogP contribution in [0, 0.1) is 6.92 Å². The van der Waals surface area contributed by atoms with Crippen LogP contribution in [-0.4, -0.2) is 39.1 Å². The van der Waals surface area contributed by atoms with Gasteiger partial charge in [-0.1, -0.05) is 23.2 Å². The quantitative estimate of drug-likeness (QED) is 0.352. The molecule has 0 aliphatic rings. The largest absolute Gasteiger partial charge is 0.355 e. The van der Waals surface area contributed by atoms with Crippen LogP contribution in [0.1, 0.15) is 10.6 Å². The molecule has 0 spiro atoms. The highest BCUT2D eigenvalue weighted by Gasteiger charge is 2.15. The lowest BCUT2D eigenvalue weighted by molar-refractivity contribution is 0.582. The molecule has 0 aliphatic heterocycles. The number of nitrogens with one attached hydrogen (secondary N) is 3. The first-order valence-electron chi connectivity index (χ1n) is 7.75. The van der Waals surface area contributed by atoms with Crippen LogP contribution in [0.2, 0.25) is 10.2 Å². The van der Waals surface area contributed by atoms with Crippen molar-refractivity contribution in [3.05, 3.63) is 38.9 Å². The van der Waals surface area contributed by atoms with Gasteiger partial charge >= 0.3 is 0 Å². The summed E-state index contributed by atoms with van der Waals surface area (Å²) < 4.78 is 28.9. The number of aryl methyl sites for hydroxylation is 1. The predicted octanol–water partition coefficient (Wildman–Crippen LogP) is 2.35. The Kier molecular flexibility index (Phi) is 7.36. The van der Waals surface area contributed by atoms with Crippen molar-refractivity contribution in [2.75, 3.05) is 20.1 Å². The lowest BCUT2D eigenvalue weighted by atomic mass is 10.4. The van der Waals surface area contributed by atoms with Gasteiger partial charge in [-0.3, -0.25) is 4.99 Å². The zero-order valence-electron chi connectivity index (χ0n) is 14.6. The molecule has 26 heavy (non-hydrogen) atoms. The summed E-state index contributed by atoms with van der Waals surface area (Å²) in [5.41, 5.74) is 0.900. The molecule has 0 fully saturated rings. The third-order valence-corrected chi connectivity index (χ3v) is 7.36. The fourth-order valence-corrected chi connectivity index (χ4v) is 4.92. The van der Waals surface area contributed by atoms with E-state index in [0.717, 1.165) is 10.6 Å². The average molecular weight is 438 g/mol. The zero-order valence-corrected chi connectivity index (χ0v) is 17.8. The number of aromatic nitrogens is 1. The maximum absolute atomic E-state index is 12.1. The van der Waals surface area contributed by atoms with E-state index in [1.54, 1.807) is 29.8 Å². The monoisotopic (exact) mass is 437 g/mol. The van der Waals surface area contributed by atoms with Crippen LogP contribution in [-0.2, 0) is 23.6 Å². The molecule has 2 rings (SSSR count). The van der Waals surface area contributed by atoms with Gasteiger partial charge in [0.1, 0.15) is 9.36 Å². The molecule has 0 saturated heterocycles. The summed E-state index contributed by atoms with van der Waals surface area (Å²) in [6.45, 7) is 2.97. The Morgan fingerprint density at radius 2 is 2.00 bits per heavy atom. The first kappa shape index (κ1) is 21.0. The number of nitrogens with zero attached hydrogens (tertiary/aromatic N) is 2. The standard InChI is InChI=1S/C15H21Cl2N5O2S2/c1-10-4-5-13(25-10)26(23,24)21-7-6-19-15(18-2)20-9-11-8-12(16)14(17)22(11)3/h4-5,8,21H,6-7,9H2,1-3H3,(H2,18,19,20). The van der Waals surface area contributed by atoms with Crippen molar-refractivity contribution in [3.63, 3.8) is 0 Å². The predicted molar refractivity (Wildman–Crippen MR) is 108 cm³/mol. The smallest absolute Gasteiger partial charge is 0.250 e. The topological polar surface area (TPSA) is 87.5 Å². The van der Waals surface area contributed by atoms with Gasteiger partial charge < -0.3 is 15.2 Å². The number of halogens is 2. The van der Waals surface area contributed by atoms with Gasteiger partial charge in [-0.05, 0) is 25.1 Å². The Hall–Kier alpha value is -1.26. The summed E-state index contributed by atoms with van der Waals surface area (Å²) in [5, 5.41) is 7.14. The van der Waals surface area contributed by atoms with E-state index in [9.17, 15) is 8.42 Å². The Morgan fingerprint density at radius 3 is 2.54 bits per heavy atom. The first-order valence-corrected chi connectivity index (χ1v) is 10.8. The van der Waals surface area contributed by atoms with Gasteiger partial charge in [-0.15, -0.1) is 11.3 Å². The number of hydrogen-bond acceptors (Lipinski definition) is 4. The Bertz CT molecular complexity index is 890. The van der Waals surface area contributed by atoms with E-state index in [-0.39, 0.29) is 6.54 Å². The third kappa shape index (κ3) is 5.37. The van der Waals surface area contributed by atoms with Crippen LogP contribution in [0.5, 0.6) is 0 Å². The van der Waals surface area contributed by atoms with Crippen LogP contribution in [0.15, 0.2) is 27.4 Å². The van der Waals surface area contributed by atoms with Crippen molar-refractivity contribution in [2.45, 2.75) is 17.7 Å². The SMILES string of the molecule is CN=C(NCCNS(=O)(=O)c1ccc(C)s1)NCc1cc(Cl)c(Cl)n1C. The summed E-state index contributed by atoms with van der Waals surface area (Å²) in [6.07, 6.45) is 0.